The van der Waals surface area contributed by atoms with Crippen molar-refractivity contribution >= 4 is 21.7 Å². The number of rotatable bonds is 5. The van der Waals surface area contributed by atoms with Crippen LogP contribution in [0, 0.1) is 5.82 Å². The molecule has 4 heteroatoms. The molecule has 0 fully saturated rings. The third-order valence-electron chi connectivity index (χ3n) is 2.61. The molecular weight excluding hydrogens is 311 g/mol. The molecule has 0 amide bonds. The topological polar surface area (TPSA) is 26.3 Å². The lowest BCUT2D eigenvalue weighted by Gasteiger charge is -2.06. The Balaban J connectivity index is 1.88. The molecule has 0 bridgehead atoms. The Hall–Kier alpha value is -1.52. The van der Waals surface area contributed by atoms with Gasteiger partial charge in [-0.1, -0.05) is 34.1 Å². The third-order valence-corrected chi connectivity index (χ3v) is 3.39. The zero-order valence-corrected chi connectivity index (χ0v) is 11.7. The van der Waals surface area contributed by atoms with Crippen molar-refractivity contribution in [3.05, 3.63) is 69.9 Å². The van der Waals surface area contributed by atoms with Crippen LogP contribution in [0.25, 0.3) is 0 Å². The molecule has 0 aliphatic rings. The van der Waals surface area contributed by atoms with Gasteiger partial charge in [0.05, 0.1) is 6.61 Å². The molecular formula is C15H12BrFO2. The zero-order valence-electron chi connectivity index (χ0n) is 10.1. The lowest BCUT2D eigenvalue weighted by atomic mass is 10.1. The molecule has 0 saturated heterocycles. The van der Waals surface area contributed by atoms with Gasteiger partial charge in [0, 0.05) is 10.0 Å². The van der Waals surface area contributed by atoms with Crippen molar-refractivity contribution in [2.75, 3.05) is 6.61 Å². The van der Waals surface area contributed by atoms with Crippen molar-refractivity contribution in [3.8, 4) is 0 Å². The number of hydrogen-bond donors (Lipinski definition) is 0. The SMILES string of the molecule is O=C(COCc1ccccc1Br)c1ccc(F)cc1. The van der Waals surface area contributed by atoms with E-state index in [0.29, 0.717) is 12.2 Å². The Morgan fingerprint density at radius 1 is 1.11 bits per heavy atom. The molecule has 0 aromatic heterocycles. The van der Waals surface area contributed by atoms with E-state index >= 15 is 0 Å². The second-order valence-corrected chi connectivity index (χ2v) is 4.87. The van der Waals surface area contributed by atoms with E-state index in [0.717, 1.165) is 10.0 Å². The van der Waals surface area contributed by atoms with E-state index in [1.54, 1.807) is 0 Å². The van der Waals surface area contributed by atoms with Gasteiger partial charge in [-0.2, -0.15) is 0 Å². The van der Waals surface area contributed by atoms with Crippen LogP contribution in [0.3, 0.4) is 0 Å². The number of ketones is 1. The number of hydrogen-bond acceptors (Lipinski definition) is 2. The molecule has 0 unspecified atom stereocenters. The van der Waals surface area contributed by atoms with Crippen LogP contribution in [0.2, 0.25) is 0 Å². The Bertz CT molecular complexity index is 567. The molecule has 0 N–H and O–H groups in total. The largest absolute Gasteiger partial charge is 0.369 e. The van der Waals surface area contributed by atoms with Gasteiger partial charge >= 0.3 is 0 Å². The average Bonchev–Trinajstić information content (AvgIpc) is 2.41. The highest BCUT2D eigenvalue weighted by Gasteiger charge is 2.06. The first-order valence-corrected chi connectivity index (χ1v) is 6.56. The van der Waals surface area contributed by atoms with Gasteiger partial charge in [-0.05, 0) is 35.9 Å². The third kappa shape index (κ3) is 3.98. The van der Waals surface area contributed by atoms with Crippen LogP contribution in [-0.4, -0.2) is 12.4 Å². The van der Waals surface area contributed by atoms with Gasteiger partial charge in [0.2, 0.25) is 0 Å². The number of carbonyl (C=O) groups excluding carboxylic acids is 1. The quantitative estimate of drug-likeness (QED) is 0.778. The summed E-state index contributed by atoms with van der Waals surface area (Å²) in [6, 6.07) is 13.1. The molecule has 0 aliphatic heterocycles. The van der Waals surface area contributed by atoms with Crippen LogP contribution >= 0.6 is 15.9 Å². The van der Waals surface area contributed by atoms with E-state index in [4.69, 9.17) is 4.74 Å². The summed E-state index contributed by atoms with van der Waals surface area (Å²) >= 11 is 3.41. The minimum Gasteiger partial charge on any atom is -0.369 e. The van der Waals surface area contributed by atoms with E-state index in [2.05, 4.69) is 15.9 Å². The van der Waals surface area contributed by atoms with Crippen LogP contribution in [0.5, 0.6) is 0 Å². The fourth-order valence-electron chi connectivity index (χ4n) is 1.59. The molecule has 0 spiro atoms. The summed E-state index contributed by atoms with van der Waals surface area (Å²) in [5.41, 5.74) is 1.43. The highest BCUT2D eigenvalue weighted by Crippen LogP contribution is 2.16. The first kappa shape index (κ1) is 13.9. The van der Waals surface area contributed by atoms with Crippen molar-refractivity contribution in [1.29, 1.82) is 0 Å². The molecule has 19 heavy (non-hydrogen) atoms. The highest BCUT2D eigenvalue weighted by molar-refractivity contribution is 9.10. The normalized spacial score (nSPS) is 10.4. The first-order chi connectivity index (χ1) is 9.16. The Morgan fingerprint density at radius 2 is 1.79 bits per heavy atom. The van der Waals surface area contributed by atoms with Crippen LogP contribution in [-0.2, 0) is 11.3 Å². The van der Waals surface area contributed by atoms with Gasteiger partial charge in [0.25, 0.3) is 0 Å². The van der Waals surface area contributed by atoms with E-state index < -0.39 is 0 Å². The molecule has 0 radical (unpaired) electrons. The van der Waals surface area contributed by atoms with Crippen LogP contribution < -0.4 is 0 Å². The lowest BCUT2D eigenvalue weighted by molar-refractivity contribution is 0.0725. The summed E-state index contributed by atoms with van der Waals surface area (Å²) in [7, 11) is 0. The Labute approximate surface area is 119 Å². The summed E-state index contributed by atoms with van der Waals surface area (Å²) in [5.74, 6) is -0.516. The van der Waals surface area contributed by atoms with Crippen molar-refractivity contribution < 1.29 is 13.9 Å². The van der Waals surface area contributed by atoms with Crippen molar-refractivity contribution in [1.82, 2.24) is 0 Å². The molecule has 0 heterocycles. The van der Waals surface area contributed by atoms with Crippen molar-refractivity contribution in [3.63, 3.8) is 0 Å². The molecule has 0 atom stereocenters. The summed E-state index contributed by atoms with van der Waals surface area (Å²) in [5, 5.41) is 0. The maximum absolute atomic E-state index is 12.7. The predicted octanol–water partition coefficient (Wildman–Crippen LogP) is 3.99. The van der Waals surface area contributed by atoms with E-state index in [-0.39, 0.29) is 18.2 Å². The maximum Gasteiger partial charge on any atom is 0.188 e. The van der Waals surface area contributed by atoms with E-state index in [9.17, 15) is 9.18 Å². The minimum absolute atomic E-state index is 0.0209. The van der Waals surface area contributed by atoms with Gasteiger partial charge in [-0.15, -0.1) is 0 Å². The predicted molar refractivity (Wildman–Crippen MR) is 74.5 cm³/mol. The van der Waals surface area contributed by atoms with E-state index in [1.807, 2.05) is 24.3 Å². The molecule has 0 aliphatic carbocycles. The number of ether oxygens (including phenoxy) is 1. The van der Waals surface area contributed by atoms with Gasteiger partial charge in [-0.25, -0.2) is 4.39 Å². The number of halogens is 2. The zero-order chi connectivity index (χ0) is 13.7. The minimum atomic E-state index is -0.356. The van der Waals surface area contributed by atoms with Gasteiger partial charge in [-0.3, -0.25) is 4.79 Å². The number of Topliss-reactive ketones (excluding diaryl/α,β-unsaturated/α-hetero) is 1. The molecule has 98 valence electrons. The molecule has 0 saturated carbocycles. The van der Waals surface area contributed by atoms with Crippen molar-refractivity contribution in [2.45, 2.75) is 6.61 Å². The van der Waals surface area contributed by atoms with Gasteiger partial charge < -0.3 is 4.74 Å². The summed E-state index contributed by atoms with van der Waals surface area (Å²) in [6.45, 7) is 0.335. The summed E-state index contributed by atoms with van der Waals surface area (Å²) < 4.78 is 19.0. The lowest BCUT2D eigenvalue weighted by Crippen LogP contribution is -2.09. The fourth-order valence-corrected chi connectivity index (χ4v) is 1.99. The highest BCUT2D eigenvalue weighted by atomic mass is 79.9. The van der Waals surface area contributed by atoms with Crippen molar-refractivity contribution in [2.24, 2.45) is 0 Å². The number of benzene rings is 2. The van der Waals surface area contributed by atoms with E-state index in [1.165, 1.54) is 24.3 Å². The van der Waals surface area contributed by atoms with Gasteiger partial charge in [0.1, 0.15) is 12.4 Å². The second kappa shape index (κ2) is 6.59. The molecule has 2 aromatic rings. The average molecular weight is 323 g/mol. The second-order valence-electron chi connectivity index (χ2n) is 4.01. The Morgan fingerprint density at radius 3 is 2.47 bits per heavy atom. The first-order valence-electron chi connectivity index (χ1n) is 5.77. The standard InChI is InChI=1S/C15H12BrFO2/c16-14-4-2-1-3-12(14)9-19-10-15(18)11-5-7-13(17)8-6-11/h1-8H,9-10H2. The molecule has 2 aromatic carbocycles. The van der Waals surface area contributed by atoms with Crippen LogP contribution in [0.1, 0.15) is 15.9 Å². The number of carbonyl (C=O) groups is 1. The monoisotopic (exact) mass is 322 g/mol. The van der Waals surface area contributed by atoms with Gasteiger partial charge in [0.15, 0.2) is 5.78 Å². The molecule has 2 nitrogen and oxygen atoms in total. The van der Waals surface area contributed by atoms with Crippen LogP contribution in [0.15, 0.2) is 53.0 Å². The maximum atomic E-state index is 12.7. The fraction of sp³-hybridized carbons (Fsp3) is 0.133. The summed E-state index contributed by atoms with van der Waals surface area (Å²) in [6.07, 6.45) is 0. The Kier molecular flexibility index (Phi) is 4.82. The smallest absolute Gasteiger partial charge is 0.188 e. The molecule has 2 rings (SSSR count). The van der Waals surface area contributed by atoms with Crippen LogP contribution in [0.4, 0.5) is 4.39 Å². The summed E-state index contributed by atoms with van der Waals surface area (Å²) in [4.78, 5) is 11.8.